The molecule has 1 aliphatic carbocycles. The summed E-state index contributed by atoms with van der Waals surface area (Å²) in [4.78, 5) is 0. The van der Waals surface area contributed by atoms with E-state index in [2.05, 4.69) is 10.6 Å². The van der Waals surface area contributed by atoms with E-state index in [0.29, 0.717) is 0 Å². The zero-order valence-corrected chi connectivity index (χ0v) is 8.13. The number of aliphatic hydroxyl groups excluding tert-OH is 1. The molecule has 2 fully saturated rings. The molecular formula is C10H20N2O. The smallest absolute Gasteiger partial charge is 0.160 e. The zero-order chi connectivity index (χ0) is 9.10. The maximum absolute atomic E-state index is 9.20. The first-order valence-corrected chi connectivity index (χ1v) is 5.51. The minimum Gasteiger partial charge on any atom is -0.365 e. The predicted molar refractivity (Wildman–Crippen MR) is 52.1 cm³/mol. The molecule has 0 aromatic carbocycles. The van der Waals surface area contributed by atoms with Crippen LogP contribution in [0, 0.1) is 11.8 Å². The molecule has 3 heteroatoms. The van der Waals surface area contributed by atoms with Crippen molar-refractivity contribution in [3.63, 3.8) is 0 Å². The molecule has 0 unspecified atom stereocenters. The summed E-state index contributed by atoms with van der Waals surface area (Å²) in [5.74, 6) is 1.63. The van der Waals surface area contributed by atoms with Crippen LogP contribution in [-0.2, 0) is 0 Å². The third-order valence-corrected chi connectivity index (χ3v) is 3.46. The quantitative estimate of drug-likeness (QED) is 0.560. The van der Waals surface area contributed by atoms with E-state index >= 15 is 0 Å². The van der Waals surface area contributed by atoms with Crippen LogP contribution in [-0.4, -0.2) is 24.5 Å². The average molecular weight is 184 g/mol. The second-order valence-corrected chi connectivity index (χ2v) is 4.38. The minimum atomic E-state index is -0.472. The number of rotatable bonds is 1. The summed E-state index contributed by atoms with van der Waals surface area (Å²) in [5, 5.41) is 15.4. The van der Waals surface area contributed by atoms with Gasteiger partial charge in [0.2, 0.25) is 0 Å². The Morgan fingerprint density at radius 2 is 1.46 bits per heavy atom. The third-order valence-electron chi connectivity index (χ3n) is 3.46. The lowest BCUT2D eigenvalue weighted by Crippen LogP contribution is -2.54. The first kappa shape index (κ1) is 9.44. The lowest BCUT2D eigenvalue weighted by atomic mass is 9.79. The summed E-state index contributed by atoms with van der Waals surface area (Å²) < 4.78 is 0. The molecule has 2 aliphatic rings. The first-order valence-electron chi connectivity index (χ1n) is 5.51. The Balaban J connectivity index is 1.79. The standard InChI is InChI=1S/C10H20N2O/c13-10-11-6-9(7-12-10)8-4-2-1-3-5-8/h8-13H,1-7H2. The fraction of sp³-hybridized carbons (Fsp3) is 1.00. The predicted octanol–water partition coefficient (Wildman–Crippen LogP) is 0.652. The van der Waals surface area contributed by atoms with E-state index in [1.807, 2.05) is 0 Å². The Kier molecular flexibility index (Phi) is 3.19. The third kappa shape index (κ3) is 2.42. The summed E-state index contributed by atoms with van der Waals surface area (Å²) in [5.41, 5.74) is 0. The largest absolute Gasteiger partial charge is 0.365 e. The Labute approximate surface area is 79.9 Å². The Bertz CT molecular complexity index is 149. The van der Waals surface area contributed by atoms with Crippen molar-refractivity contribution in [3.8, 4) is 0 Å². The molecule has 0 bridgehead atoms. The van der Waals surface area contributed by atoms with E-state index in [4.69, 9.17) is 0 Å². The second-order valence-electron chi connectivity index (χ2n) is 4.38. The lowest BCUT2D eigenvalue weighted by Gasteiger charge is -2.35. The van der Waals surface area contributed by atoms with E-state index in [0.717, 1.165) is 24.9 Å². The monoisotopic (exact) mass is 184 g/mol. The van der Waals surface area contributed by atoms with Gasteiger partial charge in [0.05, 0.1) is 0 Å². The van der Waals surface area contributed by atoms with Gasteiger partial charge in [-0.1, -0.05) is 32.1 Å². The van der Waals surface area contributed by atoms with Gasteiger partial charge in [-0.15, -0.1) is 0 Å². The van der Waals surface area contributed by atoms with E-state index in [1.54, 1.807) is 0 Å². The second kappa shape index (κ2) is 4.40. The van der Waals surface area contributed by atoms with E-state index in [9.17, 15) is 5.11 Å². The van der Waals surface area contributed by atoms with Crippen LogP contribution in [0.1, 0.15) is 32.1 Å². The van der Waals surface area contributed by atoms with Crippen molar-refractivity contribution in [2.75, 3.05) is 13.1 Å². The molecule has 76 valence electrons. The molecule has 1 saturated carbocycles. The van der Waals surface area contributed by atoms with Gasteiger partial charge < -0.3 is 5.11 Å². The van der Waals surface area contributed by atoms with E-state index in [-0.39, 0.29) is 0 Å². The van der Waals surface area contributed by atoms with Gasteiger partial charge in [-0.3, -0.25) is 10.6 Å². The van der Waals surface area contributed by atoms with Gasteiger partial charge in [0.15, 0.2) is 6.35 Å². The Morgan fingerprint density at radius 3 is 2.08 bits per heavy atom. The van der Waals surface area contributed by atoms with Crippen LogP contribution in [0.2, 0.25) is 0 Å². The summed E-state index contributed by atoms with van der Waals surface area (Å²) in [7, 11) is 0. The van der Waals surface area contributed by atoms with E-state index < -0.39 is 6.35 Å². The summed E-state index contributed by atoms with van der Waals surface area (Å²) >= 11 is 0. The number of aliphatic hydroxyl groups is 1. The van der Waals surface area contributed by atoms with Gasteiger partial charge in [0, 0.05) is 13.1 Å². The maximum atomic E-state index is 9.20. The first-order chi connectivity index (χ1) is 6.36. The minimum absolute atomic E-state index is 0.472. The molecule has 0 spiro atoms. The number of hydrogen-bond donors (Lipinski definition) is 3. The van der Waals surface area contributed by atoms with Gasteiger partial charge in [0.1, 0.15) is 0 Å². The van der Waals surface area contributed by atoms with Gasteiger partial charge in [-0.2, -0.15) is 0 Å². The van der Waals surface area contributed by atoms with Gasteiger partial charge in [-0.25, -0.2) is 0 Å². The van der Waals surface area contributed by atoms with Crippen LogP contribution in [0.4, 0.5) is 0 Å². The van der Waals surface area contributed by atoms with Crippen molar-refractivity contribution in [2.24, 2.45) is 11.8 Å². The molecule has 0 atom stereocenters. The molecule has 1 heterocycles. The van der Waals surface area contributed by atoms with Crippen LogP contribution in [0.5, 0.6) is 0 Å². The van der Waals surface area contributed by atoms with Crippen molar-refractivity contribution in [2.45, 2.75) is 38.5 Å². The molecule has 2 rings (SSSR count). The van der Waals surface area contributed by atoms with Crippen LogP contribution >= 0.6 is 0 Å². The van der Waals surface area contributed by atoms with Gasteiger partial charge in [-0.05, 0) is 11.8 Å². The summed E-state index contributed by atoms with van der Waals surface area (Å²) in [6.07, 6.45) is 6.55. The number of hydrogen-bond acceptors (Lipinski definition) is 3. The van der Waals surface area contributed by atoms with Crippen molar-refractivity contribution >= 4 is 0 Å². The highest BCUT2D eigenvalue weighted by Gasteiger charge is 2.26. The van der Waals surface area contributed by atoms with E-state index in [1.165, 1.54) is 32.1 Å². The summed E-state index contributed by atoms with van der Waals surface area (Å²) in [6, 6.07) is 0. The van der Waals surface area contributed by atoms with Gasteiger partial charge in [0.25, 0.3) is 0 Å². The molecule has 3 nitrogen and oxygen atoms in total. The van der Waals surface area contributed by atoms with Crippen molar-refractivity contribution < 1.29 is 5.11 Å². The van der Waals surface area contributed by atoms with Crippen molar-refractivity contribution in [1.82, 2.24) is 10.6 Å². The molecule has 1 saturated heterocycles. The van der Waals surface area contributed by atoms with Crippen LogP contribution in [0.25, 0.3) is 0 Å². The molecule has 0 radical (unpaired) electrons. The highest BCUT2D eigenvalue weighted by molar-refractivity contribution is 4.80. The fourth-order valence-corrected chi connectivity index (χ4v) is 2.61. The Hall–Kier alpha value is -0.120. The summed E-state index contributed by atoms with van der Waals surface area (Å²) in [6.45, 7) is 1.97. The van der Waals surface area contributed by atoms with Crippen LogP contribution in [0.3, 0.4) is 0 Å². The van der Waals surface area contributed by atoms with Crippen molar-refractivity contribution in [3.05, 3.63) is 0 Å². The van der Waals surface area contributed by atoms with Crippen LogP contribution in [0.15, 0.2) is 0 Å². The number of nitrogens with one attached hydrogen (secondary N) is 2. The highest BCUT2D eigenvalue weighted by atomic mass is 16.3. The SMILES string of the molecule is OC1NCC(C2CCCCC2)CN1. The highest BCUT2D eigenvalue weighted by Crippen LogP contribution is 2.30. The van der Waals surface area contributed by atoms with Crippen molar-refractivity contribution in [1.29, 1.82) is 0 Å². The topological polar surface area (TPSA) is 44.3 Å². The Morgan fingerprint density at radius 1 is 0.846 bits per heavy atom. The molecule has 3 N–H and O–H groups in total. The van der Waals surface area contributed by atoms with Gasteiger partial charge >= 0.3 is 0 Å². The van der Waals surface area contributed by atoms with Crippen LogP contribution < -0.4 is 10.6 Å². The fourth-order valence-electron chi connectivity index (χ4n) is 2.61. The molecule has 1 aliphatic heterocycles. The molecule has 0 amide bonds. The molecule has 0 aromatic rings. The zero-order valence-electron chi connectivity index (χ0n) is 8.13. The average Bonchev–Trinajstić information content (AvgIpc) is 2.20. The molecular weight excluding hydrogens is 164 g/mol. The normalized spacial score (nSPS) is 37.6. The maximum Gasteiger partial charge on any atom is 0.160 e. The molecule has 13 heavy (non-hydrogen) atoms. The lowest BCUT2D eigenvalue weighted by molar-refractivity contribution is 0.0510. The molecule has 0 aromatic heterocycles.